The number of halogens is 3. The summed E-state index contributed by atoms with van der Waals surface area (Å²) in [6.45, 7) is 0.951. The standard InChI is InChI=1S/C11H12ClF2NO/c12-8-4-10(14)11(5-9(8)13)15-3-1-2-7(16)6-15/h4-5,7,16H,1-3,6H2. The van der Waals surface area contributed by atoms with Crippen molar-refractivity contribution < 1.29 is 13.9 Å². The Morgan fingerprint density at radius 2 is 2.06 bits per heavy atom. The van der Waals surface area contributed by atoms with Gasteiger partial charge in [-0.1, -0.05) is 11.6 Å². The van der Waals surface area contributed by atoms with E-state index in [4.69, 9.17) is 11.6 Å². The van der Waals surface area contributed by atoms with Crippen molar-refractivity contribution in [3.63, 3.8) is 0 Å². The first-order valence-corrected chi connectivity index (χ1v) is 5.53. The van der Waals surface area contributed by atoms with E-state index >= 15 is 0 Å². The van der Waals surface area contributed by atoms with E-state index in [1.165, 1.54) is 0 Å². The van der Waals surface area contributed by atoms with Crippen LogP contribution in [0.25, 0.3) is 0 Å². The summed E-state index contributed by atoms with van der Waals surface area (Å²) in [5.41, 5.74) is 0.167. The molecule has 88 valence electrons. The lowest BCUT2D eigenvalue weighted by Crippen LogP contribution is -2.38. The predicted molar refractivity (Wildman–Crippen MR) is 58.8 cm³/mol. The van der Waals surface area contributed by atoms with Crippen molar-refractivity contribution in [3.8, 4) is 0 Å². The first kappa shape index (κ1) is 11.6. The van der Waals surface area contributed by atoms with Gasteiger partial charge in [-0.25, -0.2) is 8.78 Å². The van der Waals surface area contributed by atoms with Gasteiger partial charge < -0.3 is 10.0 Å². The Hall–Kier alpha value is -0.870. The Labute approximate surface area is 97.4 Å². The molecule has 0 amide bonds. The average molecular weight is 248 g/mol. The van der Waals surface area contributed by atoms with Gasteiger partial charge in [0.1, 0.15) is 11.6 Å². The lowest BCUT2D eigenvalue weighted by Gasteiger charge is -2.32. The van der Waals surface area contributed by atoms with Crippen LogP contribution in [0.1, 0.15) is 12.8 Å². The highest BCUT2D eigenvalue weighted by atomic mass is 35.5. The van der Waals surface area contributed by atoms with Crippen LogP contribution in [0.2, 0.25) is 5.02 Å². The fourth-order valence-electron chi connectivity index (χ4n) is 1.93. The predicted octanol–water partition coefficient (Wildman–Crippen LogP) is 2.58. The summed E-state index contributed by atoms with van der Waals surface area (Å²) < 4.78 is 26.8. The van der Waals surface area contributed by atoms with Crippen molar-refractivity contribution in [2.75, 3.05) is 18.0 Å². The van der Waals surface area contributed by atoms with Gasteiger partial charge in [0.05, 0.1) is 16.8 Å². The van der Waals surface area contributed by atoms with E-state index in [-0.39, 0.29) is 10.7 Å². The second kappa shape index (κ2) is 4.55. The van der Waals surface area contributed by atoms with Crippen LogP contribution in [0.4, 0.5) is 14.5 Å². The fraction of sp³-hybridized carbons (Fsp3) is 0.455. The maximum Gasteiger partial charge on any atom is 0.148 e. The zero-order valence-electron chi connectivity index (χ0n) is 8.59. The highest BCUT2D eigenvalue weighted by molar-refractivity contribution is 6.30. The van der Waals surface area contributed by atoms with Gasteiger partial charge >= 0.3 is 0 Å². The van der Waals surface area contributed by atoms with Crippen LogP contribution in [0.5, 0.6) is 0 Å². The van der Waals surface area contributed by atoms with E-state index in [9.17, 15) is 13.9 Å². The Morgan fingerprint density at radius 3 is 2.75 bits per heavy atom. The number of β-amino-alcohol motifs (C(OH)–C–C–N with tert-alkyl or cyclic N) is 1. The van der Waals surface area contributed by atoms with Gasteiger partial charge in [0.2, 0.25) is 0 Å². The molecule has 1 heterocycles. The third kappa shape index (κ3) is 2.28. The molecule has 16 heavy (non-hydrogen) atoms. The molecule has 1 atom stereocenters. The monoisotopic (exact) mass is 247 g/mol. The molecule has 1 aromatic carbocycles. The maximum atomic E-state index is 13.6. The number of benzene rings is 1. The second-order valence-electron chi connectivity index (χ2n) is 3.96. The average Bonchev–Trinajstić information content (AvgIpc) is 2.23. The number of piperidine rings is 1. The maximum absolute atomic E-state index is 13.6. The zero-order valence-corrected chi connectivity index (χ0v) is 9.34. The number of nitrogens with zero attached hydrogens (tertiary/aromatic N) is 1. The van der Waals surface area contributed by atoms with Crippen molar-refractivity contribution in [2.24, 2.45) is 0 Å². The summed E-state index contributed by atoms with van der Waals surface area (Å²) in [5.74, 6) is -1.20. The van der Waals surface area contributed by atoms with E-state index in [2.05, 4.69) is 0 Å². The molecular weight excluding hydrogens is 236 g/mol. The Kier molecular flexibility index (Phi) is 3.30. The molecule has 0 saturated carbocycles. The molecular formula is C11H12ClF2NO. The lowest BCUT2D eigenvalue weighted by atomic mass is 10.1. The molecule has 1 N–H and O–H groups in total. The van der Waals surface area contributed by atoms with Gasteiger partial charge in [-0.05, 0) is 18.9 Å². The quantitative estimate of drug-likeness (QED) is 0.771. The van der Waals surface area contributed by atoms with E-state index in [1.807, 2.05) is 0 Å². The molecule has 0 bridgehead atoms. The molecule has 1 aliphatic rings. The van der Waals surface area contributed by atoms with Gasteiger partial charge in [0, 0.05) is 19.2 Å². The third-order valence-corrected chi connectivity index (χ3v) is 3.02. The van der Waals surface area contributed by atoms with Crippen molar-refractivity contribution in [3.05, 3.63) is 28.8 Å². The first-order valence-electron chi connectivity index (χ1n) is 5.15. The number of rotatable bonds is 1. The summed E-state index contributed by atoms with van der Waals surface area (Å²) in [6, 6.07) is 2.04. The molecule has 0 aliphatic carbocycles. The van der Waals surface area contributed by atoms with Crippen LogP contribution >= 0.6 is 11.6 Å². The van der Waals surface area contributed by atoms with E-state index in [0.29, 0.717) is 19.5 Å². The van der Waals surface area contributed by atoms with Crippen LogP contribution in [0, 0.1) is 11.6 Å². The van der Waals surface area contributed by atoms with Crippen LogP contribution in [-0.2, 0) is 0 Å². The topological polar surface area (TPSA) is 23.5 Å². The molecule has 1 aliphatic heterocycles. The SMILES string of the molecule is OC1CCCN(c2cc(F)c(Cl)cc2F)C1. The largest absolute Gasteiger partial charge is 0.391 e. The third-order valence-electron chi connectivity index (χ3n) is 2.73. The molecule has 0 radical (unpaired) electrons. The summed E-state index contributed by atoms with van der Waals surface area (Å²) in [7, 11) is 0. The van der Waals surface area contributed by atoms with Crippen LogP contribution in [0.3, 0.4) is 0 Å². The number of hydrogen-bond donors (Lipinski definition) is 1. The molecule has 2 nitrogen and oxygen atoms in total. The van der Waals surface area contributed by atoms with Crippen LogP contribution < -0.4 is 4.90 Å². The minimum absolute atomic E-state index is 0.167. The summed E-state index contributed by atoms with van der Waals surface area (Å²) in [5, 5.41) is 9.25. The molecule has 1 aromatic rings. The highest BCUT2D eigenvalue weighted by Gasteiger charge is 2.21. The molecule has 1 fully saturated rings. The highest BCUT2D eigenvalue weighted by Crippen LogP contribution is 2.28. The van der Waals surface area contributed by atoms with Gasteiger partial charge in [-0.2, -0.15) is 0 Å². The van der Waals surface area contributed by atoms with E-state index in [0.717, 1.165) is 18.6 Å². The minimum atomic E-state index is -0.641. The number of aliphatic hydroxyl groups is 1. The van der Waals surface area contributed by atoms with Gasteiger partial charge in [0.25, 0.3) is 0 Å². The summed E-state index contributed by atoms with van der Waals surface area (Å²) in [4.78, 5) is 1.64. The lowest BCUT2D eigenvalue weighted by molar-refractivity contribution is 0.154. The van der Waals surface area contributed by atoms with Crippen LogP contribution in [-0.4, -0.2) is 24.3 Å². The first-order chi connectivity index (χ1) is 7.58. The fourth-order valence-corrected chi connectivity index (χ4v) is 2.08. The molecule has 1 saturated heterocycles. The Morgan fingerprint density at radius 1 is 1.31 bits per heavy atom. The molecule has 2 rings (SSSR count). The number of anilines is 1. The number of aliphatic hydroxyl groups excluding tert-OH is 1. The smallest absolute Gasteiger partial charge is 0.148 e. The second-order valence-corrected chi connectivity index (χ2v) is 4.37. The van der Waals surface area contributed by atoms with Crippen LogP contribution in [0.15, 0.2) is 12.1 Å². The minimum Gasteiger partial charge on any atom is -0.391 e. The van der Waals surface area contributed by atoms with Gasteiger partial charge in [0.15, 0.2) is 0 Å². The Bertz CT molecular complexity index is 400. The summed E-state index contributed by atoms with van der Waals surface area (Å²) in [6.07, 6.45) is 0.992. The molecule has 5 heteroatoms. The Balaban J connectivity index is 2.29. The van der Waals surface area contributed by atoms with Crippen molar-refractivity contribution in [1.82, 2.24) is 0 Å². The molecule has 0 spiro atoms. The van der Waals surface area contributed by atoms with Gasteiger partial charge in [-0.3, -0.25) is 0 Å². The van der Waals surface area contributed by atoms with Crippen molar-refractivity contribution >= 4 is 17.3 Å². The van der Waals surface area contributed by atoms with E-state index < -0.39 is 17.7 Å². The summed E-state index contributed by atoms with van der Waals surface area (Å²) >= 11 is 5.47. The van der Waals surface area contributed by atoms with Crippen molar-refractivity contribution in [2.45, 2.75) is 18.9 Å². The normalized spacial score (nSPS) is 21.2. The number of hydrogen-bond acceptors (Lipinski definition) is 2. The van der Waals surface area contributed by atoms with Gasteiger partial charge in [-0.15, -0.1) is 0 Å². The molecule has 1 unspecified atom stereocenters. The zero-order chi connectivity index (χ0) is 11.7. The van der Waals surface area contributed by atoms with Crippen molar-refractivity contribution in [1.29, 1.82) is 0 Å². The van der Waals surface area contributed by atoms with E-state index in [1.54, 1.807) is 4.90 Å². The molecule has 0 aromatic heterocycles.